The molecular weight excluding hydrogens is 388 g/mol. The van der Waals surface area contributed by atoms with Gasteiger partial charge in [0.05, 0.1) is 12.0 Å². The molecule has 3 rings (SSSR count). The van der Waals surface area contributed by atoms with E-state index >= 15 is 0 Å². The number of rotatable bonds is 7. The second kappa shape index (κ2) is 9.34. The fourth-order valence-electron chi connectivity index (χ4n) is 3.32. The molecule has 0 radical (unpaired) electrons. The minimum atomic E-state index is -0.450. The molecule has 0 bridgehead atoms. The van der Waals surface area contributed by atoms with Gasteiger partial charge in [-0.15, -0.1) is 0 Å². The standard InChI is InChI=1S/C27H30O4/c1-18(2)25(28)31-22-12-14-24-21(17-22)11-10-20-16-19(9-13-23(20)24)8-6-7-15-30-26(29)27(3,4)5/h9-14,16-17H,1,6-8,15H2,2-5H3. The number of esters is 2. The van der Waals surface area contributed by atoms with Crippen LogP contribution in [0, 0.1) is 5.41 Å². The Hall–Kier alpha value is -3.14. The van der Waals surface area contributed by atoms with Crippen molar-refractivity contribution in [1.82, 2.24) is 0 Å². The van der Waals surface area contributed by atoms with Crippen LogP contribution in [0.5, 0.6) is 5.75 Å². The van der Waals surface area contributed by atoms with Crippen LogP contribution in [0.15, 0.2) is 60.7 Å². The first-order valence-electron chi connectivity index (χ1n) is 10.7. The third kappa shape index (κ3) is 5.72. The lowest BCUT2D eigenvalue weighted by Gasteiger charge is -2.16. The summed E-state index contributed by atoms with van der Waals surface area (Å²) in [4.78, 5) is 23.6. The zero-order valence-corrected chi connectivity index (χ0v) is 18.8. The molecule has 3 aromatic carbocycles. The van der Waals surface area contributed by atoms with Gasteiger partial charge in [0.2, 0.25) is 0 Å². The van der Waals surface area contributed by atoms with Crippen molar-refractivity contribution in [3.8, 4) is 5.75 Å². The maximum Gasteiger partial charge on any atom is 0.338 e. The Morgan fingerprint density at radius 1 is 0.903 bits per heavy atom. The van der Waals surface area contributed by atoms with Crippen molar-refractivity contribution in [2.75, 3.05) is 6.61 Å². The van der Waals surface area contributed by atoms with Gasteiger partial charge in [-0.05, 0) is 86.2 Å². The molecule has 4 nitrogen and oxygen atoms in total. The zero-order chi connectivity index (χ0) is 22.6. The summed E-state index contributed by atoms with van der Waals surface area (Å²) in [5, 5.41) is 4.48. The highest BCUT2D eigenvalue weighted by atomic mass is 16.5. The van der Waals surface area contributed by atoms with E-state index in [0.717, 1.165) is 35.4 Å². The van der Waals surface area contributed by atoms with Gasteiger partial charge in [-0.25, -0.2) is 4.79 Å². The third-order valence-electron chi connectivity index (χ3n) is 5.14. The predicted octanol–water partition coefficient (Wildman–Crippen LogP) is 6.39. The Labute approximate surface area is 183 Å². The van der Waals surface area contributed by atoms with Crippen molar-refractivity contribution in [2.45, 2.75) is 47.0 Å². The molecule has 0 saturated heterocycles. The van der Waals surface area contributed by atoms with Gasteiger partial charge in [-0.3, -0.25) is 4.79 Å². The Balaban J connectivity index is 1.66. The smallest absolute Gasteiger partial charge is 0.338 e. The van der Waals surface area contributed by atoms with E-state index in [9.17, 15) is 9.59 Å². The molecule has 0 amide bonds. The maximum atomic E-state index is 11.8. The van der Waals surface area contributed by atoms with Crippen LogP contribution >= 0.6 is 0 Å². The lowest BCUT2D eigenvalue weighted by molar-refractivity contribution is -0.153. The molecule has 0 unspecified atom stereocenters. The van der Waals surface area contributed by atoms with Crippen molar-refractivity contribution in [3.05, 3.63) is 66.2 Å². The van der Waals surface area contributed by atoms with Gasteiger partial charge in [-0.2, -0.15) is 0 Å². The highest BCUT2D eigenvalue weighted by Gasteiger charge is 2.22. The second-order valence-electron chi connectivity index (χ2n) is 9.02. The van der Waals surface area contributed by atoms with Crippen molar-refractivity contribution < 1.29 is 19.1 Å². The van der Waals surface area contributed by atoms with E-state index in [0.29, 0.717) is 17.9 Å². The Bertz CT molecular complexity index is 1140. The first-order chi connectivity index (χ1) is 14.6. The summed E-state index contributed by atoms with van der Waals surface area (Å²) in [7, 11) is 0. The molecule has 0 aliphatic carbocycles. The molecule has 0 heterocycles. The van der Waals surface area contributed by atoms with Crippen molar-refractivity contribution in [2.24, 2.45) is 5.41 Å². The molecule has 0 N–H and O–H groups in total. The minimum Gasteiger partial charge on any atom is -0.465 e. The molecule has 3 aromatic rings. The largest absolute Gasteiger partial charge is 0.465 e. The van der Waals surface area contributed by atoms with Gasteiger partial charge in [-0.1, -0.05) is 43.0 Å². The summed E-state index contributed by atoms with van der Waals surface area (Å²) in [5.74, 6) is -0.0516. The summed E-state index contributed by atoms with van der Waals surface area (Å²) in [6.07, 6.45) is 2.76. The van der Waals surface area contributed by atoms with Crippen LogP contribution in [-0.2, 0) is 20.7 Å². The number of fused-ring (bicyclic) bond motifs is 3. The van der Waals surface area contributed by atoms with Gasteiger partial charge >= 0.3 is 11.9 Å². The summed E-state index contributed by atoms with van der Waals surface area (Å²) < 4.78 is 10.7. The van der Waals surface area contributed by atoms with Crippen molar-refractivity contribution in [1.29, 1.82) is 0 Å². The molecule has 0 aromatic heterocycles. The normalized spacial score (nSPS) is 11.5. The lowest BCUT2D eigenvalue weighted by Crippen LogP contribution is -2.23. The second-order valence-corrected chi connectivity index (χ2v) is 9.02. The van der Waals surface area contributed by atoms with Crippen molar-refractivity contribution >= 4 is 33.5 Å². The number of carbonyl (C=O) groups is 2. The Morgan fingerprint density at radius 3 is 2.19 bits per heavy atom. The van der Waals surface area contributed by atoms with E-state index in [-0.39, 0.29) is 5.97 Å². The topological polar surface area (TPSA) is 52.6 Å². The van der Waals surface area contributed by atoms with E-state index in [1.54, 1.807) is 6.92 Å². The predicted molar refractivity (Wildman–Crippen MR) is 125 cm³/mol. The zero-order valence-electron chi connectivity index (χ0n) is 18.8. The summed E-state index contributed by atoms with van der Waals surface area (Å²) in [5.41, 5.74) is 1.19. The van der Waals surface area contributed by atoms with Crippen LogP contribution in [0.1, 0.15) is 46.1 Å². The number of carbonyl (C=O) groups excluding carboxylic acids is 2. The Kier molecular flexibility index (Phi) is 6.79. The number of unbranched alkanes of at least 4 members (excludes halogenated alkanes) is 1. The maximum absolute atomic E-state index is 11.8. The molecule has 4 heteroatoms. The van der Waals surface area contributed by atoms with Crippen LogP contribution in [0.25, 0.3) is 21.5 Å². The number of aryl methyl sites for hydroxylation is 1. The molecule has 31 heavy (non-hydrogen) atoms. The Morgan fingerprint density at radius 2 is 1.55 bits per heavy atom. The average molecular weight is 419 g/mol. The fraction of sp³-hybridized carbons (Fsp3) is 0.333. The van der Waals surface area contributed by atoms with Gasteiger partial charge in [0.25, 0.3) is 0 Å². The van der Waals surface area contributed by atoms with E-state index < -0.39 is 11.4 Å². The van der Waals surface area contributed by atoms with Crippen LogP contribution in [0.3, 0.4) is 0 Å². The summed E-state index contributed by atoms with van der Waals surface area (Å²) >= 11 is 0. The number of hydrogen-bond donors (Lipinski definition) is 0. The first kappa shape index (κ1) is 22.5. The fourth-order valence-corrected chi connectivity index (χ4v) is 3.32. The van der Waals surface area contributed by atoms with Crippen LogP contribution < -0.4 is 4.74 Å². The van der Waals surface area contributed by atoms with Gasteiger partial charge in [0.15, 0.2) is 0 Å². The number of ether oxygens (including phenoxy) is 2. The van der Waals surface area contributed by atoms with Crippen LogP contribution in [0.2, 0.25) is 0 Å². The third-order valence-corrected chi connectivity index (χ3v) is 5.14. The highest BCUT2D eigenvalue weighted by molar-refractivity contribution is 6.08. The molecule has 162 valence electrons. The molecule has 0 fully saturated rings. The first-order valence-corrected chi connectivity index (χ1v) is 10.7. The van der Waals surface area contributed by atoms with E-state index in [2.05, 4.69) is 30.8 Å². The molecule has 0 saturated carbocycles. The molecule has 0 aliphatic rings. The number of benzene rings is 3. The van der Waals surface area contributed by atoms with Gasteiger partial charge in [0, 0.05) is 5.57 Å². The molecule has 0 aliphatic heterocycles. The minimum absolute atomic E-state index is 0.150. The van der Waals surface area contributed by atoms with E-state index in [1.807, 2.05) is 45.0 Å². The van der Waals surface area contributed by atoms with E-state index in [1.165, 1.54) is 10.9 Å². The average Bonchev–Trinajstić information content (AvgIpc) is 2.72. The summed E-state index contributed by atoms with van der Waals surface area (Å²) in [6, 6.07) is 16.3. The van der Waals surface area contributed by atoms with Crippen molar-refractivity contribution in [3.63, 3.8) is 0 Å². The number of hydrogen-bond acceptors (Lipinski definition) is 4. The monoisotopic (exact) mass is 418 g/mol. The lowest BCUT2D eigenvalue weighted by atomic mass is 9.97. The van der Waals surface area contributed by atoms with E-state index in [4.69, 9.17) is 9.47 Å². The quantitative estimate of drug-likeness (QED) is 0.147. The van der Waals surface area contributed by atoms with Crippen LogP contribution in [0.4, 0.5) is 0 Å². The molecule has 0 spiro atoms. The SMILES string of the molecule is C=C(C)C(=O)Oc1ccc2c(ccc3cc(CCCCOC(=O)C(C)(C)C)ccc32)c1. The van der Waals surface area contributed by atoms with Gasteiger partial charge < -0.3 is 9.47 Å². The molecule has 0 atom stereocenters. The molecular formula is C27H30O4. The van der Waals surface area contributed by atoms with Gasteiger partial charge in [0.1, 0.15) is 5.75 Å². The summed E-state index contributed by atoms with van der Waals surface area (Å²) in [6.45, 7) is 11.3. The van der Waals surface area contributed by atoms with Crippen LogP contribution in [-0.4, -0.2) is 18.5 Å². The highest BCUT2D eigenvalue weighted by Crippen LogP contribution is 2.29.